The molecule has 2 N–H and O–H groups in total. The van der Waals surface area contributed by atoms with Crippen LogP contribution in [0.5, 0.6) is 0 Å². The first kappa shape index (κ1) is 16.8. The number of hydrogen-bond acceptors (Lipinski definition) is 3. The molecule has 0 spiro atoms. The SMILES string of the molecule is CC(O)C1CCN(C(C)C(=O)NCC2CCCCC2)CC1. The van der Waals surface area contributed by atoms with Gasteiger partial charge in [0.15, 0.2) is 0 Å². The fraction of sp³-hybridized carbons (Fsp3) is 0.941. The number of piperidine rings is 1. The summed E-state index contributed by atoms with van der Waals surface area (Å²) in [7, 11) is 0. The van der Waals surface area contributed by atoms with Gasteiger partial charge >= 0.3 is 0 Å². The highest BCUT2D eigenvalue weighted by atomic mass is 16.3. The molecule has 1 saturated carbocycles. The van der Waals surface area contributed by atoms with Crippen LogP contribution in [0.3, 0.4) is 0 Å². The molecular formula is C17H32N2O2. The van der Waals surface area contributed by atoms with Gasteiger partial charge in [-0.15, -0.1) is 0 Å². The fourth-order valence-electron chi connectivity index (χ4n) is 3.74. The molecule has 0 bridgehead atoms. The maximum Gasteiger partial charge on any atom is 0.237 e. The zero-order valence-corrected chi connectivity index (χ0v) is 13.7. The van der Waals surface area contributed by atoms with Crippen molar-refractivity contribution >= 4 is 5.91 Å². The Labute approximate surface area is 129 Å². The molecule has 2 atom stereocenters. The summed E-state index contributed by atoms with van der Waals surface area (Å²) in [5.41, 5.74) is 0. The minimum atomic E-state index is -0.220. The van der Waals surface area contributed by atoms with E-state index in [1.807, 2.05) is 13.8 Å². The normalized spacial score (nSPS) is 25.5. The Bertz CT molecular complexity index is 319. The summed E-state index contributed by atoms with van der Waals surface area (Å²) >= 11 is 0. The predicted octanol–water partition coefficient (Wildman–Crippen LogP) is 2.16. The average molecular weight is 296 g/mol. The van der Waals surface area contributed by atoms with E-state index >= 15 is 0 Å². The predicted molar refractivity (Wildman–Crippen MR) is 85.0 cm³/mol. The van der Waals surface area contributed by atoms with Gasteiger partial charge in [-0.3, -0.25) is 9.69 Å². The van der Waals surface area contributed by atoms with Crippen molar-refractivity contribution in [2.45, 2.75) is 70.9 Å². The first-order valence-corrected chi connectivity index (χ1v) is 8.77. The van der Waals surface area contributed by atoms with Crippen LogP contribution in [0.2, 0.25) is 0 Å². The highest BCUT2D eigenvalue weighted by molar-refractivity contribution is 5.81. The van der Waals surface area contributed by atoms with E-state index < -0.39 is 0 Å². The van der Waals surface area contributed by atoms with Gasteiger partial charge in [0.2, 0.25) is 5.91 Å². The molecule has 0 aromatic heterocycles. The quantitative estimate of drug-likeness (QED) is 0.817. The van der Waals surface area contributed by atoms with Crippen LogP contribution in [-0.4, -0.2) is 47.7 Å². The Balaban J connectivity index is 1.69. The molecule has 122 valence electrons. The third-order valence-corrected chi connectivity index (χ3v) is 5.47. The Morgan fingerprint density at radius 3 is 2.33 bits per heavy atom. The van der Waals surface area contributed by atoms with Crippen molar-refractivity contribution in [3.05, 3.63) is 0 Å². The van der Waals surface area contributed by atoms with Crippen molar-refractivity contribution in [1.29, 1.82) is 0 Å². The largest absolute Gasteiger partial charge is 0.393 e. The molecule has 4 heteroatoms. The number of likely N-dealkylation sites (tertiary alicyclic amines) is 1. The molecule has 2 unspecified atom stereocenters. The van der Waals surface area contributed by atoms with E-state index in [-0.39, 0.29) is 18.1 Å². The van der Waals surface area contributed by atoms with E-state index in [9.17, 15) is 9.90 Å². The third-order valence-electron chi connectivity index (χ3n) is 5.47. The van der Waals surface area contributed by atoms with Gasteiger partial charge in [0.25, 0.3) is 0 Å². The Morgan fingerprint density at radius 1 is 1.14 bits per heavy atom. The van der Waals surface area contributed by atoms with Gasteiger partial charge in [-0.1, -0.05) is 19.3 Å². The van der Waals surface area contributed by atoms with Crippen LogP contribution in [0.15, 0.2) is 0 Å². The van der Waals surface area contributed by atoms with Gasteiger partial charge in [-0.25, -0.2) is 0 Å². The van der Waals surface area contributed by atoms with Gasteiger partial charge < -0.3 is 10.4 Å². The van der Waals surface area contributed by atoms with Crippen molar-refractivity contribution in [3.8, 4) is 0 Å². The molecule has 1 aliphatic carbocycles. The van der Waals surface area contributed by atoms with Gasteiger partial charge in [0.05, 0.1) is 12.1 Å². The third kappa shape index (κ3) is 4.96. The average Bonchev–Trinajstić information content (AvgIpc) is 2.53. The van der Waals surface area contributed by atoms with Gasteiger partial charge in [-0.05, 0) is 64.5 Å². The van der Waals surface area contributed by atoms with E-state index in [1.165, 1.54) is 32.1 Å². The molecule has 1 saturated heterocycles. The standard InChI is InChI=1S/C17H32N2O2/c1-13(19-10-8-16(9-11-19)14(2)20)17(21)18-12-15-6-4-3-5-7-15/h13-16,20H,3-12H2,1-2H3,(H,18,21). The van der Waals surface area contributed by atoms with Gasteiger partial charge in [0, 0.05) is 6.54 Å². The summed E-state index contributed by atoms with van der Waals surface area (Å²) in [6.45, 7) is 6.59. The number of aliphatic hydroxyl groups excluding tert-OH is 1. The van der Waals surface area contributed by atoms with Crippen molar-refractivity contribution in [1.82, 2.24) is 10.2 Å². The van der Waals surface area contributed by atoms with Crippen LogP contribution >= 0.6 is 0 Å². The van der Waals surface area contributed by atoms with Crippen LogP contribution in [-0.2, 0) is 4.79 Å². The summed E-state index contributed by atoms with van der Waals surface area (Å²) in [4.78, 5) is 14.6. The number of nitrogens with zero attached hydrogens (tertiary/aromatic N) is 1. The molecule has 1 heterocycles. The van der Waals surface area contributed by atoms with E-state index in [4.69, 9.17) is 0 Å². The van der Waals surface area contributed by atoms with Gasteiger partial charge in [0.1, 0.15) is 0 Å². The highest BCUT2D eigenvalue weighted by Crippen LogP contribution is 2.23. The number of rotatable bonds is 5. The topological polar surface area (TPSA) is 52.6 Å². The number of carbonyl (C=O) groups excluding carboxylic acids is 1. The number of amides is 1. The van der Waals surface area contributed by atoms with E-state index in [0.717, 1.165) is 32.5 Å². The lowest BCUT2D eigenvalue weighted by Crippen LogP contribution is -2.49. The van der Waals surface area contributed by atoms with E-state index in [0.29, 0.717) is 11.8 Å². The summed E-state index contributed by atoms with van der Waals surface area (Å²) in [5.74, 6) is 1.27. The molecule has 2 aliphatic rings. The first-order valence-electron chi connectivity index (χ1n) is 8.77. The fourth-order valence-corrected chi connectivity index (χ4v) is 3.74. The van der Waals surface area contributed by atoms with Crippen LogP contribution in [0, 0.1) is 11.8 Å². The molecule has 0 aromatic rings. The minimum Gasteiger partial charge on any atom is -0.393 e. The van der Waals surface area contributed by atoms with Crippen LogP contribution in [0.25, 0.3) is 0 Å². The monoisotopic (exact) mass is 296 g/mol. The van der Waals surface area contributed by atoms with Crippen molar-refractivity contribution in [2.75, 3.05) is 19.6 Å². The molecule has 1 aliphatic heterocycles. The molecular weight excluding hydrogens is 264 g/mol. The number of aliphatic hydroxyl groups is 1. The second-order valence-corrected chi connectivity index (χ2v) is 7.04. The van der Waals surface area contributed by atoms with Crippen LogP contribution in [0.4, 0.5) is 0 Å². The lowest BCUT2D eigenvalue weighted by molar-refractivity contribution is -0.126. The molecule has 4 nitrogen and oxygen atoms in total. The first-order chi connectivity index (χ1) is 10.1. The number of hydrogen-bond donors (Lipinski definition) is 2. The zero-order valence-electron chi connectivity index (χ0n) is 13.7. The van der Waals surface area contributed by atoms with Gasteiger partial charge in [-0.2, -0.15) is 0 Å². The number of nitrogens with one attached hydrogen (secondary N) is 1. The summed E-state index contributed by atoms with van der Waals surface area (Å²) in [6, 6.07) is -0.0384. The Morgan fingerprint density at radius 2 is 1.76 bits per heavy atom. The second kappa shape index (κ2) is 8.14. The van der Waals surface area contributed by atoms with E-state index in [1.54, 1.807) is 0 Å². The highest BCUT2D eigenvalue weighted by Gasteiger charge is 2.28. The smallest absolute Gasteiger partial charge is 0.237 e. The molecule has 21 heavy (non-hydrogen) atoms. The molecule has 1 amide bonds. The Kier molecular flexibility index (Phi) is 6.49. The minimum absolute atomic E-state index is 0.0384. The van der Waals surface area contributed by atoms with Crippen molar-refractivity contribution in [2.24, 2.45) is 11.8 Å². The van der Waals surface area contributed by atoms with Crippen LogP contribution in [0.1, 0.15) is 58.8 Å². The molecule has 2 rings (SSSR count). The maximum atomic E-state index is 12.3. The summed E-state index contributed by atoms with van der Waals surface area (Å²) < 4.78 is 0. The van der Waals surface area contributed by atoms with Crippen molar-refractivity contribution < 1.29 is 9.90 Å². The summed E-state index contributed by atoms with van der Waals surface area (Å²) in [6.07, 6.45) is 8.33. The summed E-state index contributed by atoms with van der Waals surface area (Å²) in [5, 5.41) is 12.8. The number of carbonyl (C=O) groups is 1. The zero-order chi connectivity index (χ0) is 15.2. The lowest BCUT2D eigenvalue weighted by Gasteiger charge is -2.36. The molecule has 2 fully saturated rings. The van der Waals surface area contributed by atoms with Crippen molar-refractivity contribution in [3.63, 3.8) is 0 Å². The molecule has 0 radical (unpaired) electrons. The maximum absolute atomic E-state index is 12.3. The van der Waals surface area contributed by atoms with Crippen LogP contribution < -0.4 is 5.32 Å². The lowest BCUT2D eigenvalue weighted by atomic mass is 9.89. The second-order valence-electron chi connectivity index (χ2n) is 7.04. The Hall–Kier alpha value is -0.610. The van der Waals surface area contributed by atoms with E-state index in [2.05, 4.69) is 10.2 Å². The molecule has 0 aromatic carbocycles.